The lowest BCUT2D eigenvalue weighted by Crippen LogP contribution is -2.47. The highest BCUT2D eigenvalue weighted by Crippen LogP contribution is 2.20. The molecule has 0 saturated carbocycles. The largest absolute Gasteiger partial charge is 0.497 e. The predicted octanol–water partition coefficient (Wildman–Crippen LogP) is 3.54. The van der Waals surface area contributed by atoms with Crippen molar-refractivity contribution in [1.29, 1.82) is 0 Å². The molecule has 146 valence electrons. The molecule has 2 aromatic carbocycles. The number of methoxy groups -OCH3 is 1. The van der Waals surface area contributed by atoms with E-state index in [4.69, 9.17) is 17.0 Å². The minimum Gasteiger partial charge on any atom is -0.497 e. The van der Waals surface area contributed by atoms with Crippen molar-refractivity contribution < 1.29 is 9.13 Å². The number of anilines is 1. The molecule has 28 heavy (non-hydrogen) atoms. The summed E-state index contributed by atoms with van der Waals surface area (Å²) in [5.74, 6) is 1.35. The fraction of sp³-hybridized carbons (Fsp3) is 0.300. The zero-order chi connectivity index (χ0) is 19.5. The standard InChI is InChI=1S/C20H22FN5OS/c1-27-18-8-2-15(3-9-18)19-22-20(28)26(23-19)14-24-10-12-25(13-11-24)17-6-4-16(21)5-7-17/h2-9H,10-14H2,1H3,(H,22,23,28). The summed E-state index contributed by atoms with van der Waals surface area (Å²) in [6, 6.07) is 14.4. The number of hydrogen-bond acceptors (Lipinski definition) is 5. The number of hydrogen-bond donors (Lipinski definition) is 1. The molecule has 8 heteroatoms. The van der Waals surface area contributed by atoms with Gasteiger partial charge in [0, 0.05) is 37.4 Å². The summed E-state index contributed by atoms with van der Waals surface area (Å²) < 4.78 is 20.7. The zero-order valence-electron chi connectivity index (χ0n) is 15.6. The molecule has 0 unspecified atom stereocenters. The van der Waals surface area contributed by atoms with Crippen LogP contribution in [0.1, 0.15) is 0 Å². The van der Waals surface area contributed by atoms with Crippen LogP contribution in [0.25, 0.3) is 11.4 Å². The van der Waals surface area contributed by atoms with E-state index in [2.05, 4.69) is 19.9 Å². The van der Waals surface area contributed by atoms with Crippen LogP contribution in [-0.4, -0.2) is 53.0 Å². The lowest BCUT2D eigenvalue weighted by Gasteiger charge is -2.35. The third kappa shape index (κ3) is 4.07. The third-order valence-electron chi connectivity index (χ3n) is 4.95. The monoisotopic (exact) mass is 399 g/mol. The second kappa shape index (κ2) is 8.12. The van der Waals surface area contributed by atoms with Gasteiger partial charge in [-0.05, 0) is 60.7 Å². The van der Waals surface area contributed by atoms with Crippen LogP contribution in [-0.2, 0) is 6.67 Å². The minimum absolute atomic E-state index is 0.205. The van der Waals surface area contributed by atoms with Crippen LogP contribution in [0.5, 0.6) is 5.75 Å². The molecule has 3 aromatic rings. The molecule has 2 heterocycles. The van der Waals surface area contributed by atoms with Gasteiger partial charge in [0.25, 0.3) is 0 Å². The Kier molecular flexibility index (Phi) is 5.40. The summed E-state index contributed by atoms with van der Waals surface area (Å²) in [7, 11) is 1.65. The van der Waals surface area contributed by atoms with Gasteiger partial charge in [-0.2, -0.15) is 4.98 Å². The van der Waals surface area contributed by atoms with E-state index in [-0.39, 0.29) is 5.82 Å². The van der Waals surface area contributed by atoms with E-state index in [1.807, 2.05) is 41.1 Å². The first-order chi connectivity index (χ1) is 13.6. The van der Waals surface area contributed by atoms with Crippen LogP contribution in [0.2, 0.25) is 0 Å². The first-order valence-corrected chi connectivity index (χ1v) is 9.57. The number of aromatic nitrogens is 3. The topological polar surface area (TPSA) is 49.3 Å². The van der Waals surface area contributed by atoms with Crippen molar-refractivity contribution in [2.45, 2.75) is 6.67 Å². The van der Waals surface area contributed by atoms with Crippen LogP contribution >= 0.6 is 12.2 Å². The second-order valence-corrected chi connectivity index (χ2v) is 7.10. The summed E-state index contributed by atoms with van der Waals surface area (Å²) in [6.45, 7) is 4.24. The maximum atomic E-state index is 13.1. The van der Waals surface area contributed by atoms with Gasteiger partial charge in [0.1, 0.15) is 11.6 Å². The van der Waals surface area contributed by atoms with E-state index in [0.717, 1.165) is 49.0 Å². The van der Waals surface area contributed by atoms with Crippen LogP contribution in [0.4, 0.5) is 10.1 Å². The van der Waals surface area contributed by atoms with E-state index in [9.17, 15) is 4.39 Å². The molecule has 1 N–H and O–H groups in total. The normalized spacial score (nSPS) is 15.0. The van der Waals surface area contributed by atoms with E-state index in [0.29, 0.717) is 11.4 Å². The van der Waals surface area contributed by atoms with Crippen molar-refractivity contribution in [2.75, 3.05) is 38.2 Å². The van der Waals surface area contributed by atoms with Crippen LogP contribution in [0.15, 0.2) is 48.5 Å². The van der Waals surface area contributed by atoms with Crippen molar-refractivity contribution in [2.24, 2.45) is 0 Å². The lowest BCUT2D eigenvalue weighted by atomic mass is 10.2. The van der Waals surface area contributed by atoms with Crippen molar-refractivity contribution in [3.63, 3.8) is 0 Å². The summed E-state index contributed by atoms with van der Waals surface area (Å²) in [5.41, 5.74) is 2.02. The SMILES string of the molecule is COc1ccc(-c2nc(=S)n(CN3CCN(c4ccc(F)cc4)CC3)[nH]2)cc1. The van der Waals surface area contributed by atoms with Crippen LogP contribution in [0, 0.1) is 10.6 Å². The molecular formula is C20H22FN5OS. The number of nitrogens with zero attached hydrogens (tertiary/aromatic N) is 4. The number of benzene rings is 2. The molecule has 0 spiro atoms. The Morgan fingerprint density at radius 2 is 1.71 bits per heavy atom. The highest BCUT2D eigenvalue weighted by Gasteiger charge is 2.18. The van der Waals surface area contributed by atoms with E-state index >= 15 is 0 Å². The van der Waals surface area contributed by atoms with Gasteiger partial charge in [0.05, 0.1) is 13.8 Å². The third-order valence-corrected chi connectivity index (χ3v) is 5.26. The van der Waals surface area contributed by atoms with E-state index < -0.39 is 0 Å². The van der Waals surface area contributed by atoms with Crippen LogP contribution in [0.3, 0.4) is 0 Å². The predicted molar refractivity (Wildman–Crippen MR) is 110 cm³/mol. The molecule has 0 amide bonds. The first kappa shape index (κ1) is 18.6. The molecule has 1 fully saturated rings. The Morgan fingerprint density at radius 1 is 1.04 bits per heavy atom. The summed E-state index contributed by atoms with van der Waals surface area (Å²) in [5, 5.41) is 3.30. The zero-order valence-corrected chi connectivity index (χ0v) is 16.5. The maximum Gasteiger partial charge on any atom is 0.217 e. The van der Waals surface area contributed by atoms with Crippen molar-refractivity contribution in [3.05, 3.63) is 59.1 Å². The molecule has 1 aliphatic rings. The van der Waals surface area contributed by atoms with Gasteiger partial charge in [-0.1, -0.05) is 0 Å². The summed E-state index contributed by atoms with van der Waals surface area (Å²) in [6.07, 6.45) is 0. The van der Waals surface area contributed by atoms with Crippen molar-refractivity contribution >= 4 is 17.9 Å². The lowest BCUT2D eigenvalue weighted by molar-refractivity contribution is 0.194. The Balaban J connectivity index is 1.39. The van der Waals surface area contributed by atoms with Gasteiger partial charge in [0.2, 0.25) is 4.77 Å². The highest BCUT2D eigenvalue weighted by molar-refractivity contribution is 7.71. The number of nitrogens with one attached hydrogen (secondary N) is 1. The van der Waals surface area contributed by atoms with E-state index in [1.165, 1.54) is 12.1 Å². The number of H-pyrrole nitrogens is 1. The van der Waals surface area contributed by atoms with Gasteiger partial charge in [-0.3, -0.25) is 10.00 Å². The average Bonchev–Trinajstić information content (AvgIpc) is 3.09. The Bertz CT molecular complexity index is 975. The molecular weight excluding hydrogens is 377 g/mol. The fourth-order valence-electron chi connectivity index (χ4n) is 3.33. The molecule has 1 aromatic heterocycles. The molecule has 4 rings (SSSR count). The molecule has 0 radical (unpaired) electrons. The molecule has 1 saturated heterocycles. The number of piperazine rings is 1. The maximum absolute atomic E-state index is 13.1. The summed E-state index contributed by atoms with van der Waals surface area (Å²) >= 11 is 5.43. The Morgan fingerprint density at radius 3 is 2.36 bits per heavy atom. The molecule has 1 aliphatic heterocycles. The first-order valence-electron chi connectivity index (χ1n) is 9.16. The van der Waals surface area contributed by atoms with Crippen LogP contribution < -0.4 is 9.64 Å². The van der Waals surface area contributed by atoms with Crippen molar-refractivity contribution in [1.82, 2.24) is 19.7 Å². The van der Waals surface area contributed by atoms with Gasteiger partial charge in [-0.25, -0.2) is 9.07 Å². The smallest absolute Gasteiger partial charge is 0.217 e. The second-order valence-electron chi connectivity index (χ2n) is 6.73. The fourth-order valence-corrected chi connectivity index (χ4v) is 3.52. The summed E-state index contributed by atoms with van der Waals surface area (Å²) in [4.78, 5) is 9.08. The average molecular weight is 399 g/mol. The van der Waals surface area contributed by atoms with Gasteiger partial charge >= 0.3 is 0 Å². The molecule has 0 atom stereocenters. The van der Waals surface area contributed by atoms with Gasteiger partial charge in [-0.15, -0.1) is 0 Å². The molecule has 6 nitrogen and oxygen atoms in total. The quantitative estimate of drug-likeness (QED) is 0.665. The van der Waals surface area contributed by atoms with Gasteiger partial charge < -0.3 is 9.64 Å². The van der Waals surface area contributed by atoms with E-state index in [1.54, 1.807) is 7.11 Å². The highest BCUT2D eigenvalue weighted by atomic mass is 32.1. The Hall–Kier alpha value is -2.71. The molecule has 0 aliphatic carbocycles. The number of halogens is 1. The molecule has 0 bridgehead atoms. The number of rotatable bonds is 5. The number of ether oxygens (including phenoxy) is 1. The van der Waals surface area contributed by atoms with Crippen molar-refractivity contribution in [3.8, 4) is 17.1 Å². The number of aromatic amines is 1. The Labute approximate surface area is 168 Å². The van der Waals surface area contributed by atoms with Gasteiger partial charge in [0.15, 0.2) is 5.82 Å². The minimum atomic E-state index is -0.205.